The van der Waals surface area contributed by atoms with Crippen molar-refractivity contribution in [3.63, 3.8) is 0 Å². The second-order valence-corrected chi connectivity index (χ2v) is 9.20. The molecule has 188 valence electrons. The fourth-order valence-corrected chi connectivity index (χ4v) is 4.59. The van der Waals surface area contributed by atoms with Gasteiger partial charge in [-0.2, -0.15) is 18.3 Å². The van der Waals surface area contributed by atoms with E-state index in [1.165, 1.54) is 6.07 Å². The number of benzene rings is 1. The van der Waals surface area contributed by atoms with Gasteiger partial charge in [0, 0.05) is 43.1 Å². The van der Waals surface area contributed by atoms with Gasteiger partial charge in [-0.15, -0.1) is 0 Å². The third-order valence-corrected chi connectivity index (χ3v) is 6.36. The summed E-state index contributed by atoms with van der Waals surface area (Å²) in [6.45, 7) is 5.36. The lowest BCUT2D eigenvalue weighted by molar-refractivity contribution is -0.137. The zero-order valence-corrected chi connectivity index (χ0v) is 20.3. The van der Waals surface area contributed by atoms with Gasteiger partial charge in [0.05, 0.1) is 23.2 Å². The van der Waals surface area contributed by atoms with Crippen molar-refractivity contribution >= 4 is 28.4 Å². The molecule has 3 aromatic heterocycles. The number of fused-ring (bicyclic) bond motifs is 1. The van der Waals surface area contributed by atoms with E-state index in [1.807, 2.05) is 19.3 Å². The number of nitrogens with zero attached hydrogens (tertiary/aromatic N) is 6. The van der Waals surface area contributed by atoms with Crippen LogP contribution in [-0.2, 0) is 13.2 Å². The van der Waals surface area contributed by atoms with E-state index in [0.717, 1.165) is 55.0 Å². The number of anilines is 3. The highest BCUT2D eigenvalue weighted by Crippen LogP contribution is 2.37. The number of halogens is 3. The zero-order chi connectivity index (χ0) is 25.6. The zero-order valence-electron chi connectivity index (χ0n) is 20.3. The summed E-state index contributed by atoms with van der Waals surface area (Å²) in [5, 5.41) is 8.27. The van der Waals surface area contributed by atoms with Crippen molar-refractivity contribution in [2.24, 2.45) is 7.05 Å². The molecule has 1 fully saturated rings. The van der Waals surface area contributed by atoms with Crippen LogP contribution in [-0.4, -0.2) is 37.8 Å². The van der Waals surface area contributed by atoms with Crippen LogP contribution < -0.4 is 16.0 Å². The first-order chi connectivity index (χ1) is 17.1. The van der Waals surface area contributed by atoms with Crippen molar-refractivity contribution in [3.8, 4) is 11.1 Å². The van der Waals surface area contributed by atoms with Gasteiger partial charge in [-0.05, 0) is 56.5 Å². The normalized spacial score (nSPS) is 15.0. The Balaban J connectivity index is 1.60. The number of nitrogen functional groups attached to an aromatic ring is 1. The third kappa shape index (κ3) is 4.65. The first kappa shape index (κ1) is 23.8. The molecule has 11 heteroatoms. The van der Waals surface area contributed by atoms with Crippen LogP contribution in [0.5, 0.6) is 0 Å². The number of aryl methyl sites for hydroxylation is 2. The number of hydrogen-bond acceptors (Lipinski definition) is 7. The van der Waals surface area contributed by atoms with Crippen molar-refractivity contribution < 1.29 is 13.2 Å². The predicted molar refractivity (Wildman–Crippen MR) is 134 cm³/mol. The maximum atomic E-state index is 13.4. The molecule has 1 atom stereocenters. The number of nitrogens with one attached hydrogen (secondary N) is 1. The first-order valence-corrected chi connectivity index (χ1v) is 11.8. The molecule has 1 aliphatic heterocycles. The molecule has 0 spiro atoms. The van der Waals surface area contributed by atoms with E-state index >= 15 is 0 Å². The SMILES string of the molecule is Cc1nc(N[C@H](C)c2cc(N)cc(C(F)(F)F)c2)c2cc(-c3cnn(C)c3)c(N3CCCC3)nc2n1. The number of hydrogen-bond donors (Lipinski definition) is 2. The molecule has 36 heavy (non-hydrogen) atoms. The minimum absolute atomic E-state index is 0.0491. The van der Waals surface area contributed by atoms with Gasteiger partial charge in [-0.3, -0.25) is 4.68 Å². The summed E-state index contributed by atoms with van der Waals surface area (Å²) in [5.74, 6) is 1.84. The van der Waals surface area contributed by atoms with Gasteiger partial charge >= 0.3 is 6.18 Å². The molecule has 8 nitrogen and oxygen atoms in total. The number of pyridine rings is 1. The Morgan fingerprint density at radius 2 is 1.81 bits per heavy atom. The second kappa shape index (κ2) is 8.96. The second-order valence-electron chi connectivity index (χ2n) is 9.20. The largest absolute Gasteiger partial charge is 0.416 e. The molecule has 3 N–H and O–H groups in total. The van der Waals surface area contributed by atoms with Crippen LogP contribution in [0.25, 0.3) is 22.2 Å². The molecule has 0 radical (unpaired) electrons. The number of nitrogens with two attached hydrogens (primary N) is 1. The lowest BCUT2D eigenvalue weighted by Crippen LogP contribution is -2.20. The Morgan fingerprint density at radius 1 is 1.06 bits per heavy atom. The highest BCUT2D eigenvalue weighted by Gasteiger charge is 2.31. The van der Waals surface area contributed by atoms with Crippen molar-refractivity contribution in [3.05, 3.63) is 53.6 Å². The topological polar surface area (TPSA) is 97.8 Å². The molecule has 4 heterocycles. The van der Waals surface area contributed by atoms with Crippen LogP contribution >= 0.6 is 0 Å². The number of aromatic nitrogens is 5. The van der Waals surface area contributed by atoms with E-state index in [2.05, 4.69) is 25.3 Å². The lowest BCUT2D eigenvalue weighted by atomic mass is 10.0. The molecule has 1 saturated heterocycles. The van der Waals surface area contributed by atoms with Gasteiger partial charge in [0.2, 0.25) is 0 Å². The van der Waals surface area contributed by atoms with E-state index in [1.54, 1.807) is 24.7 Å². The van der Waals surface area contributed by atoms with Crippen molar-refractivity contribution in [1.82, 2.24) is 24.7 Å². The standard InChI is InChI=1S/C25H27F3N8/c1-14(16-8-18(25(26,27)28)10-19(29)9-16)31-22-21-11-20(17-12-30-35(3)13-17)24(36-6-4-5-7-36)34-23(21)33-15(2)32-22/h8-14H,4-7,29H2,1-3H3,(H,31,32,33,34)/t14-/m1/s1. The molecule has 1 aliphatic rings. The van der Waals surface area contributed by atoms with Crippen molar-refractivity contribution in [1.29, 1.82) is 0 Å². The van der Waals surface area contributed by atoms with Crippen LogP contribution in [0.15, 0.2) is 36.7 Å². The monoisotopic (exact) mass is 496 g/mol. The molecule has 0 saturated carbocycles. The van der Waals surface area contributed by atoms with Crippen LogP contribution in [0, 0.1) is 6.92 Å². The van der Waals surface area contributed by atoms with Gasteiger partial charge in [0.25, 0.3) is 0 Å². The predicted octanol–water partition coefficient (Wildman–Crippen LogP) is 5.11. The highest BCUT2D eigenvalue weighted by molar-refractivity contribution is 5.94. The van der Waals surface area contributed by atoms with Gasteiger partial charge in [0.1, 0.15) is 17.5 Å². The summed E-state index contributed by atoms with van der Waals surface area (Å²) in [6.07, 6.45) is 1.42. The maximum Gasteiger partial charge on any atom is 0.416 e. The van der Waals surface area contributed by atoms with Crippen LogP contribution in [0.1, 0.15) is 42.8 Å². The van der Waals surface area contributed by atoms with Crippen molar-refractivity contribution in [2.45, 2.75) is 38.9 Å². The van der Waals surface area contributed by atoms with Gasteiger partial charge in [-0.1, -0.05) is 0 Å². The molecule has 1 aromatic carbocycles. The first-order valence-electron chi connectivity index (χ1n) is 11.8. The van der Waals surface area contributed by atoms with E-state index in [0.29, 0.717) is 28.2 Å². The Bertz CT molecular complexity index is 1420. The molecular formula is C25H27F3N8. The molecule has 4 aromatic rings. The van der Waals surface area contributed by atoms with Crippen LogP contribution in [0.3, 0.4) is 0 Å². The minimum Gasteiger partial charge on any atom is -0.399 e. The minimum atomic E-state index is -4.49. The molecule has 0 aliphatic carbocycles. The quantitative estimate of drug-likeness (QED) is 0.371. The van der Waals surface area contributed by atoms with Crippen LogP contribution in [0.4, 0.5) is 30.5 Å². The number of rotatable bonds is 5. The van der Waals surface area contributed by atoms with E-state index in [9.17, 15) is 13.2 Å². The molecular weight excluding hydrogens is 469 g/mol. The summed E-state index contributed by atoms with van der Waals surface area (Å²) in [5.41, 5.74) is 7.80. The molecule has 0 bridgehead atoms. The fourth-order valence-electron chi connectivity index (χ4n) is 4.59. The Labute approximate surface area is 206 Å². The Morgan fingerprint density at radius 3 is 2.47 bits per heavy atom. The van der Waals surface area contributed by atoms with Gasteiger partial charge < -0.3 is 16.0 Å². The summed E-state index contributed by atoms with van der Waals surface area (Å²) in [6, 6.07) is 5.06. The summed E-state index contributed by atoms with van der Waals surface area (Å²) < 4.78 is 41.8. The maximum absolute atomic E-state index is 13.4. The van der Waals surface area contributed by atoms with Gasteiger partial charge in [-0.25, -0.2) is 15.0 Å². The Kier molecular flexibility index (Phi) is 5.93. The number of alkyl halides is 3. The molecule has 0 unspecified atom stereocenters. The third-order valence-electron chi connectivity index (χ3n) is 6.36. The lowest BCUT2D eigenvalue weighted by Gasteiger charge is -2.22. The fraction of sp³-hybridized carbons (Fsp3) is 0.360. The van der Waals surface area contributed by atoms with Crippen LogP contribution in [0.2, 0.25) is 0 Å². The summed E-state index contributed by atoms with van der Waals surface area (Å²) in [4.78, 5) is 16.3. The summed E-state index contributed by atoms with van der Waals surface area (Å²) >= 11 is 0. The van der Waals surface area contributed by atoms with E-state index < -0.39 is 17.8 Å². The van der Waals surface area contributed by atoms with Gasteiger partial charge in [0.15, 0.2) is 5.65 Å². The Hall–Kier alpha value is -3.89. The molecule has 5 rings (SSSR count). The van der Waals surface area contributed by atoms with Crippen molar-refractivity contribution in [2.75, 3.05) is 29.0 Å². The molecule has 0 amide bonds. The van der Waals surface area contributed by atoms with E-state index in [-0.39, 0.29) is 5.69 Å². The smallest absolute Gasteiger partial charge is 0.399 e. The highest BCUT2D eigenvalue weighted by atomic mass is 19.4. The van der Waals surface area contributed by atoms with E-state index in [4.69, 9.17) is 10.7 Å². The average Bonchev–Trinajstić information content (AvgIpc) is 3.49. The summed E-state index contributed by atoms with van der Waals surface area (Å²) in [7, 11) is 1.86. The average molecular weight is 497 g/mol.